The quantitative estimate of drug-likeness (QED) is 0.325. The largest absolute Gasteiger partial charge is 0.497 e. The van der Waals surface area contributed by atoms with Gasteiger partial charge in [0.2, 0.25) is 5.88 Å². The molecular weight excluding hydrogens is 430 g/mol. The van der Waals surface area contributed by atoms with Gasteiger partial charge in [-0.25, -0.2) is 4.68 Å². The molecule has 0 spiro atoms. The molecule has 1 atom stereocenters. The molecule has 0 aliphatic rings. The zero-order valence-electron chi connectivity index (χ0n) is 19.8. The van der Waals surface area contributed by atoms with Crippen LogP contribution in [0.5, 0.6) is 17.4 Å². The molecule has 7 heteroatoms. The number of nitrogens with zero attached hydrogens (tertiary/aromatic N) is 3. The van der Waals surface area contributed by atoms with Crippen LogP contribution in [-0.2, 0) is 13.1 Å². The third kappa shape index (κ3) is 5.68. The van der Waals surface area contributed by atoms with Crippen LogP contribution in [-0.4, -0.2) is 39.5 Å². The number of benzene rings is 2. The van der Waals surface area contributed by atoms with Gasteiger partial charge in [0, 0.05) is 13.1 Å². The van der Waals surface area contributed by atoms with Crippen molar-refractivity contribution in [1.82, 2.24) is 14.7 Å². The Balaban J connectivity index is 1.71. The number of rotatable bonds is 11. The standard InChI is InChI=1S/C27H31N3O4/c1-4-22(31)17-29(18-25-11-8-16-33-25)19-26-20(2)28-30(21-9-6-5-7-10-21)27(26)34-24-14-12-23(32-3)13-15-24/h5-16,22,31H,4,17-19H2,1-3H3. The minimum absolute atomic E-state index is 0.439. The van der Waals surface area contributed by atoms with Crippen molar-refractivity contribution in [3.8, 4) is 23.1 Å². The minimum atomic E-state index is -0.439. The van der Waals surface area contributed by atoms with Crippen molar-refractivity contribution >= 4 is 0 Å². The molecule has 2 heterocycles. The molecule has 4 aromatic rings. The Kier molecular flexibility index (Phi) is 7.67. The van der Waals surface area contributed by atoms with E-state index in [9.17, 15) is 5.11 Å². The number of methoxy groups -OCH3 is 1. The monoisotopic (exact) mass is 461 g/mol. The van der Waals surface area contributed by atoms with Gasteiger partial charge in [-0.1, -0.05) is 25.1 Å². The summed E-state index contributed by atoms with van der Waals surface area (Å²) >= 11 is 0. The molecule has 0 amide bonds. The summed E-state index contributed by atoms with van der Waals surface area (Å²) in [6.07, 6.45) is 1.90. The van der Waals surface area contributed by atoms with Crippen LogP contribution in [0.1, 0.15) is 30.4 Å². The highest BCUT2D eigenvalue weighted by Crippen LogP contribution is 2.32. The van der Waals surface area contributed by atoms with Crippen LogP contribution in [0, 0.1) is 6.92 Å². The number of aliphatic hydroxyl groups excluding tert-OH is 1. The molecule has 2 aromatic heterocycles. The van der Waals surface area contributed by atoms with Crippen LogP contribution in [0.4, 0.5) is 0 Å². The molecule has 178 valence electrons. The Labute approximate surface area is 200 Å². The lowest BCUT2D eigenvalue weighted by Gasteiger charge is -2.24. The minimum Gasteiger partial charge on any atom is -0.497 e. The van der Waals surface area contributed by atoms with E-state index in [1.165, 1.54) is 0 Å². The predicted molar refractivity (Wildman–Crippen MR) is 130 cm³/mol. The van der Waals surface area contributed by atoms with Crippen molar-refractivity contribution in [1.29, 1.82) is 0 Å². The smallest absolute Gasteiger partial charge is 0.227 e. The molecule has 0 aliphatic heterocycles. The molecule has 0 aliphatic carbocycles. The summed E-state index contributed by atoms with van der Waals surface area (Å²) in [7, 11) is 1.64. The van der Waals surface area contributed by atoms with Crippen LogP contribution in [0.25, 0.3) is 5.69 Å². The summed E-state index contributed by atoms with van der Waals surface area (Å²) in [6.45, 7) is 5.59. The van der Waals surface area contributed by atoms with Crippen LogP contribution in [0.15, 0.2) is 77.4 Å². The normalized spacial score (nSPS) is 12.1. The van der Waals surface area contributed by atoms with E-state index in [1.54, 1.807) is 13.4 Å². The fraction of sp³-hybridized carbons (Fsp3) is 0.296. The van der Waals surface area contributed by atoms with Gasteiger partial charge in [0.1, 0.15) is 17.3 Å². The first kappa shape index (κ1) is 23.6. The van der Waals surface area contributed by atoms with Crippen LogP contribution in [0.3, 0.4) is 0 Å². The van der Waals surface area contributed by atoms with Gasteiger partial charge >= 0.3 is 0 Å². The SMILES string of the molecule is CCC(O)CN(Cc1ccco1)Cc1c(C)nn(-c2ccccc2)c1Oc1ccc(OC)cc1. The Morgan fingerprint density at radius 3 is 2.38 bits per heavy atom. The maximum absolute atomic E-state index is 10.4. The molecule has 0 bridgehead atoms. The van der Waals surface area contributed by atoms with E-state index >= 15 is 0 Å². The van der Waals surface area contributed by atoms with Crippen LogP contribution >= 0.6 is 0 Å². The zero-order chi connectivity index (χ0) is 23.9. The number of ether oxygens (including phenoxy) is 2. The average molecular weight is 462 g/mol. The van der Waals surface area contributed by atoms with E-state index in [1.807, 2.05) is 85.3 Å². The topological polar surface area (TPSA) is 72.9 Å². The second kappa shape index (κ2) is 11.0. The molecular formula is C27H31N3O4. The van der Waals surface area contributed by atoms with Crippen LogP contribution < -0.4 is 9.47 Å². The fourth-order valence-corrected chi connectivity index (χ4v) is 3.78. The average Bonchev–Trinajstić information content (AvgIpc) is 3.48. The highest BCUT2D eigenvalue weighted by Gasteiger charge is 2.23. The lowest BCUT2D eigenvalue weighted by atomic mass is 10.2. The third-order valence-electron chi connectivity index (χ3n) is 5.69. The highest BCUT2D eigenvalue weighted by molar-refractivity contribution is 5.44. The zero-order valence-corrected chi connectivity index (χ0v) is 19.8. The van der Waals surface area contributed by atoms with Gasteiger partial charge in [0.05, 0.1) is 43.0 Å². The number of hydrogen-bond acceptors (Lipinski definition) is 6. The van der Waals surface area contributed by atoms with E-state index in [4.69, 9.17) is 19.0 Å². The summed E-state index contributed by atoms with van der Waals surface area (Å²) in [5.74, 6) is 2.93. The van der Waals surface area contributed by atoms with Gasteiger partial charge in [-0.2, -0.15) is 5.10 Å². The lowest BCUT2D eigenvalue weighted by Crippen LogP contribution is -2.31. The van der Waals surface area contributed by atoms with Gasteiger partial charge in [-0.15, -0.1) is 0 Å². The van der Waals surface area contributed by atoms with Gasteiger partial charge < -0.3 is 19.0 Å². The summed E-state index contributed by atoms with van der Waals surface area (Å²) in [5, 5.41) is 15.2. The van der Waals surface area contributed by atoms with Crippen molar-refractivity contribution in [3.05, 3.63) is 90.0 Å². The van der Waals surface area contributed by atoms with E-state index in [-0.39, 0.29) is 0 Å². The van der Waals surface area contributed by atoms with E-state index in [0.29, 0.717) is 37.7 Å². The summed E-state index contributed by atoms with van der Waals surface area (Å²) in [6, 6.07) is 21.2. The van der Waals surface area contributed by atoms with Crippen molar-refractivity contribution in [2.45, 2.75) is 39.5 Å². The predicted octanol–water partition coefficient (Wildman–Crippen LogP) is 5.35. The number of aromatic nitrogens is 2. The second-order valence-electron chi connectivity index (χ2n) is 8.21. The Bertz CT molecular complexity index is 1150. The van der Waals surface area contributed by atoms with E-state index in [2.05, 4.69) is 4.90 Å². The highest BCUT2D eigenvalue weighted by atomic mass is 16.5. The lowest BCUT2D eigenvalue weighted by molar-refractivity contribution is 0.0968. The summed E-state index contributed by atoms with van der Waals surface area (Å²) < 4.78 is 19.1. The molecule has 2 aromatic carbocycles. The Morgan fingerprint density at radius 1 is 1.00 bits per heavy atom. The first-order valence-electron chi connectivity index (χ1n) is 11.5. The number of para-hydroxylation sites is 1. The van der Waals surface area contributed by atoms with Crippen LogP contribution in [0.2, 0.25) is 0 Å². The second-order valence-corrected chi connectivity index (χ2v) is 8.21. The van der Waals surface area contributed by atoms with Gasteiger partial charge in [-0.05, 0) is 61.9 Å². The molecule has 0 saturated heterocycles. The van der Waals surface area contributed by atoms with Gasteiger partial charge in [-0.3, -0.25) is 4.90 Å². The molecule has 1 N–H and O–H groups in total. The molecule has 0 radical (unpaired) electrons. The summed E-state index contributed by atoms with van der Waals surface area (Å²) in [4.78, 5) is 2.16. The summed E-state index contributed by atoms with van der Waals surface area (Å²) in [5.41, 5.74) is 2.73. The maximum Gasteiger partial charge on any atom is 0.227 e. The third-order valence-corrected chi connectivity index (χ3v) is 5.69. The molecule has 7 nitrogen and oxygen atoms in total. The molecule has 1 unspecified atom stereocenters. The Morgan fingerprint density at radius 2 is 1.74 bits per heavy atom. The van der Waals surface area contributed by atoms with Crippen molar-refractivity contribution in [2.75, 3.05) is 13.7 Å². The Hall–Kier alpha value is -3.55. The molecule has 34 heavy (non-hydrogen) atoms. The molecule has 0 saturated carbocycles. The number of furan rings is 1. The van der Waals surface area contributed by atoms with Crippen molar-refractivity contribution in [2.24, 2.45) is 0 Å². The van der Waals surface area contributed by atoms with E-state index < -0.39 is 6.10 Å². The van der Waals surface area contributed by atoms with Gasteiger partial charge in [0.25, 0.3) is 0 Å². The first-order valence-corrected chi connectivity index (χ1v) is 11.5. The fourth-order valence-electron chi connectivity index (χ4n) is 3.78. The van der Waals surface area contributed by atoms with Crippen molar-refractivity contribution in [3.63, 3.8) is 0 Å². The molecule has 0 fully saturated rings. The van der Waals surface area contributed by atoms with Gasteiger partial charge in [0.15, 0.2) is 0 Å². The maximum atomic E-state index is 10.4. The number of hydrogen-bond donors (Lipinski definition) is 1. The first-order chi connectivity index (χ1) is 16.6. The molecule has 4 rings (SSSR count). The van der Waals surface area contributed by atoms with E-state index in [0.717, 1.165) is 28.5 Å². The number of aryl methyl sites for hydroxylation is 1. The number of aliphatic hydroxyl groups is 1. The van der Waals surface area contributed by atoms with Crippen molar-refractivity contribution < 1.29 is 19.0 Å².